The number of rotatable bonds is 2. The Labute approximate surface area is 209 Å². The van der Waals surface area contributed by atoms with Crippen molar-refractivity contribution in [3.05, 3.63) is 133 Å². The minimum atomic E-state index is 0.677. The molecule has 0 aliphatic carbocycles. The van der Waals surface area contributed by atoms with E-state index in [4.69, 9.17) is 0 Å². The molecule has 0 atom stereocenters. The Bertz CT molecular complexity index is 1990. The maximum atomic E-state index is 9.28. The van der Waals surface area contributed by atoms with E-state index in [1.54, 1.807) is 0 Å². The molecule has 0 bridgehead atoms. The van der Waals surface area contributed by atoms with Crippen LogP contribution in [0.4, 0.5) is 0 Å². The van der Waals surface area contributed by atoms with Gasteiger partial charge in [-0.3, -0.25) is 0 Å². The second-order valence-electron chi connectivity index (χ2n) is 9.25. The van der Waals surface area contributed by atoms with E-state index >= 15 is 0 Å². The van der Waals surface area contributed by atoms with Crippen molar-refractivity contribution in [3.8, 4) is 28.3 Å². The van der Waals surface area contributed by atoms with Gasteiger partial charge in [-0.1, -0.05) is 109 Å². The molecule has 0 aliphatic heterocycles. The Kier molecular flexibility index (Phi) is 4.59. The van der Waals surface area contributed by atoms with Crippen molar-refractivity contribution in [2.75, 3.05) is 0 Å². The quantitative estimate of drug-likeness (QED) is 0.238. The molecular weight excluding hydrogens is 434 g/mol. The number of hydrogen-bond donors (Lipinski definition) is 0. The van der Waals surface area contributed by atoms with E-state index in [1.807, 2.05) is 18.2 Å². The highest BCUT2D eigenvalue weighted by Crippen LogP contribution is 2.42. The summed E-state index contributed by atoms with van der Waals surface area (Å²) in [7, 11) is 0. The molecule has 7 rings (SSSR count). The lowest BCUT2D eigenvalue weighted by molar-refractivity contribution is 1.48. The van der Waals surface area contributed by atoms with E-state index < -0.39 is 0 Å². The predicted molar refractivity (Wildman–Crippen MR) is 152 cm³/mol. The first kappa shape index (κ1) is 20.4. The molecule has 0 N–H and O–H groups in total. The Morgan fingerprint density at radius 1 is 0.389 bits per heavy atom. The molecule has 166 valence electrons. The van der Waals surface area contributed by atoms with Crippen molar-refractivity contribution < 1.29 is 0 Å². The van der Waals surface area contributed by atoms with Crippen LogP contribution < -0.4 is 0 Å². The molecule has 0 heterocycles. The van der Waals surface area contributed by atoms with Crippen molar-refractivity contribution in [3.63, 3.8) is 0 Å². The molecule has 0 spiro atoms. The number of fused-ring (bicyclic) bond motifs is 8. The molecule has 0 saturated carbocycles. The van der Waals surface area contributed by atoms with Gasteiger partial charge in [0, 0.05) is 0 Å². The average molecular weight is 456 g/mol. The molecular formula is C35H21N. The lowest BCUT2D eigenvalue weighted by Gasteiger charge is -2.16. The largest absolute Gasteiger partial charge is 0.192 e. The minimum absolute atomic E-state index is 0.677. The lowest BCUT2D eigenvalue weighted by Crippen LogP contribution is -1.89. The smallest absolute Gasteiger partial charge is 0.0991 e. The first-order valence-corrected chi connectivity index (χ1v) is 12.2. The molecule has 7 aromatic carbocycles. The molecule has 36 heavy (non-hydrogen) atoms. The lowest BCUT2D eigenvalue weighted by atomic mass is 9.87. The average Bonchev–Trinajstić information content (AvgIpc) is 2.97. The first-order chi connectivity index (χ1) is 17.8. The van der Waals surface area contributed by atoms with Crippen LogP contribution in [0.1, 0.15) is 5.56 Å². The summed E-state index contributed by atoms with van der Waals surface area (Å²) in [5, 5.41) is 19.6. The number of nitrogens with zero attached hydrogens (tertiary/aromatic N) is 1. The molecule has 0 aromatic heterocycles. The summed E-state index contributed by atoms with van der Waals surface area (Å²) < 4.78 is 0. The Hall–Kier alpha value is -4.93. The van der Waals surface area contributed by atoms with Crippen molar-refractivity contribution in [1.82, 2.24) is 0 Å². The van der Waals surface area contributed by atoms with E-state index in [1.165, 1.54) is 54.2 Å². The fourth-order valence-corrected chi connectivity index (χ4v) is 5.62. The van der Waals surface area contributed by atoms with Gasteiger partial charge in [0.2, 0.25) is 0 Å². The molecule has 7 aromatic rings. The van der Waals surface area contributed by atoms with E-state index in [2.05, 4.69) is 115 Å². The van der Waals surface area contributed by atoms with Crippen LogP contribution in [0, 0.1) is 11.3 Å². The van der Waals surface area contributed by atoms with Crippen LogP contribution in [0.2, 0.25) is 0 Å². The maximum Gasteiger partial charge on any atom is 0.0991 e. The third-order valence-corrected chi connectivity index (χ3v) is 7.27. The molecule has 0 saturated heterocycles. The fourth-order valence-electron chi connectivity index (χ4n) is 5.62. The molecule has 0 unspecified atom stereocenters. The monoisotopic (exact) mass is 455 g/mol. The van der Waals surface area contributed by atoms with E-state index in [0.717, 1.165) is 11.1 Å². The van der Waals surface area contributed by atoms with Gasteiger partial charge in [-0.25, -0.2) is 0 Å². The zero-order chi connectivity index (χ0) is 24.1. The zero-order valence-electron chi connectivity index (χ0n) is 19.6. The van der Waals surface area contributed by atoms with Crippen LogP contribution in [-0.2, 0) is 0 Å². The number of nitriles is 1. The van der Waals surface area contributed by atoms with E-state index in [-0.39, 0.29) is 0 Å². The van der Waals surface area contributed by atoms with Crippen LogP contribution in [0.25, 0.3) is 65.3 Å². The van der Waals surface area contributed by atoms with Gasteiger partial charge in [-0.05, 0) is 83.5 Å². The van der Waals surface area contributed by atoms with Crippen LogP contribution in [0.3, 0.4) is 0 Å². The van der Waals surface area contributed by atoms with Crippen LogP contribution in [0.15, 0.2) is 127 Å². The summed E-state index contributed by atoms with van der Waals surface area (Å²) in [4.78, 5) is 0. The van der Waals surface area contributed by atoms with Gasteiger partial charge in [-0.2, -0.15) is 5.26 Å². The fraction of sp³-hybridized carbons (Fsp3) is 0. The second-order valence-corrected chi connectivity index (χ2v) is 9.25. The van der Waals surface area contributed by atoms with Gasteiger partial charge in [-0.15, -0.1) is 0 Å². The van der Waals surface area contributed by atoms with Gasteiger partial charge < -0.3 is 0 Å². The SMILES string of the molecule is N#Cc1cccc(-c2ccc(-c3cc4c5ccccc5c5ccccc5c4c4ccccc34)cc2)c1. The van der Waals surface area contributed by atoms with Gasteiger partial charge in [0.05, 0.1) is 11.6 Å². The number of benzene rings is 7. The third kappa shape index (κ3) is 3.09. The molecule has 0 fully saturated rings. The van der Waals surface area contributed by atoms with Crippen molar-refractivity contribution in [2.45, 2.75) is 0 Å². The highest BCUT2D eigenvalue weighted by atomic mass is 14.2. The van der Waals surface area contributed by atoms with Crippen molar-refractivity contribution >= 4 is 43.1 Å². The van der Waals surface area contributed by atoms with E-state index in [0.29, 0.717) is 5.56 Å². The highest BCUT2D eigenvalue weighted by molar-refractivity contribution is 6.32. The normalized spacial score (nSPS) is 11.3. The summed E-state index contributed by atoms with van der Waals surface area (Å²) in [6, 6.07) is 47.3. The molecule has 0 amide bonds. The minimum Gasteiger partial charge on any atom is -0.192 e. The van der Waals surface area contributed by atoms with Gasteiger partial charge in [0.1, 0.15) is 0 Å². The summed E-state index contributed by atoms with van der Waals surface area (Å²) in [6.45, 7) is 0. The van der Waals surface area contributed by atoms with Gasteiger partial charge in [0.15, 0.2) is 0 Å². The van der Waals surface area contributed by atoms with Crippen LogP contribution in [0.5, 0.6) is 0 Å². The highest BCUT2D eigenvalue weighted by Gasteiger charge is 2.14. The standard InChI is InChI=1S/C35H21N/c36-22-23-8-7-9-26(20-23)24-16-18-25(19-17-24)33-21-34-29-12-2-1-10-27(29)28-11-3-5-14-31(28)35(34)32-15-6-4-13-30(32)33/h1-21H. The third-order valence-electron chi connectivity index (χ3n) is 7.27. The summed E-state index contributed by atoms with van der Waals surface area (Å²) in [6.07, 6.45) is 0. The van der Waals surface area contributed by atoms with Gasteiger partial charge >= 0.3 is 0 Å². The van der Waals surface area contributed by atoms with Crippen molar-refractivity contribution in [1.29, 1.82) is 5.26 Å². The predicted octanol–water partition coefficient (Wildman–Crippen LogP) is 9.51. The summed E-state index contributed by atoms with van der Waals surface area (Å²) in [5.74, 6) is 0. The zero-order valence-corrected chi connectivity index (χ0v) is 19.6. The number of hydrogen-bond acceptors (Lipinski definition) is 1. The molecule has 0 radical (unpaired) electrons. The Balaban J connectivity index is 1.53. The van der Waals surface area contributed by atoms with Crippen LogP contribution >= 0.6 is 0 Å². The van der Waals surface area contributed by atoms with E-state index in [9.17, 15) is 5.26 Å². The second kappa shape index (κ2) is 8.08. The summed E-state index contributed by atoms with van der Waals surface area (Å²) in [5.41, 5.74) is 5.26. The summed E-state index contributed by atoms with van der Waals surface area (Å²) >= 11 is 0. The van der Waals surface area contributed by atoms with Gasteiger partial charge in [0.25, 0.3) is 0 Å². The maximum absolute atomic E-state index is 9.28. The first-order valence-electron chi connectivity index (χ1n) is 12.2. The molecule has 0 aliphatic rings. The topological polar surface area (TPSA) is 23.8 Å². The van der Waals surface area contributed by atoms with Crippen molar-refractivity contribution in [2.24, 2.45) is 0 Å². The van der Waals surface area contributed by atoms with Crippen LogP contribution in [-0.4, -0.2) is 0 Å². The Morgan fingerprint density at radius 2 is 0.917 bits per heavy atom. The molecule has 1 heteroatoms. The molecule has 1 nitrogen and oxygen atoms in total. The Morgan fingerprint density at radius 3 is 1.58 bits per heavy atom.